The topological polar surface area (TPSA) is 71.8 Å². The molecule has 72 valence electrons. The number of H-pyrrole nitrogens is 1. The number of hydrogen-bond donors (Lipinski definition) is 1. The van der Waals surface area contributed by atoms with Crippen LogP contribution in [0.4, 0.5) is 5.69 Å². The summed E-state index contributed by atoms with van der Waals surface area (Å²) in [5.41, 5.74) is 1.14. The van der Waals surface area contributed by atoms with Crippen molar-refractivity contribution in [3.05, 3.63) is 33.0 Å². The first kappa shape index (κ1) is 8.96. The number of nitro groups is 1. The first-order valence-corrected chi connectivity index (χ1v) is 4.26. The Morgan fingerprint density at radius 1 is 1.57 bits per heavy atom. The summed E-state index contributed by atoms with van der Waals surface area (Å²) in [4.78, 5) is 10.2. The van der Waals surface area contributed by atoms with E-state index in [1.54, 1.807) is 13.0 Å². The first-order chi connectivity index (χ1) is 6.59. The van der Waals surface area contributed by atoms with Crippen LogP contribution in [-0.4, -0.2) is 15.1 Å². The van der Waals surface area contributed by atoms with Crippen LogP contribution in [0.1, 0.15) is 5.56 Å². The number of halogens is 1. The van der Waals surface area contributed by atoms with Crippen molar-refractivity contribution in [1.82, 2.24) is 10.2 Å². The van der Waals surface area contributed by atoms with E-state index in [1.807, 2.05) is 0 Å². The average molecular weight is 212 g/mol. The van der Waals surface area contributed by atoms with E-state index < -0.39 is 4.92 Å². The lowest BCUT2D eigenvalue weighted by atomic mass is 10.1. The molecule has 2 aromatic rings. The Morgan fingerprint density at radius 3 is 2.93 bits per heavy atom. The molecule has 0 saturated carbocycles. The molecule has 0 amide bonds. The van der Waals surface area contributed by atoms with Crippen LogP contribution in [0.3, 0.4) is 0 Å². The summed E-state index contributed by atoms with van der Waals surface area (Å²) in [5, 5.41) is 18.1. The van der Waals surface area contributed by atoms with Gasteiger partial charge in [0.2, 0.25) is 0 Å². The van der Waals surface area contributed by atoms with Gasteiger partial charge in [0.15, 0.2) is 0 Å². The van der Waals surface area contributed by atoms with Gasteiger partial charge in [0.25, 0.3) is 5.69 Å². The molecule has 1 heterocycles. The molecule has 5 nitrogen and oxygen atoms in total. The molecule has 0 atom stereocenters. The van der Waals surface area contributed by atoms with Crippen LogP contribution >= 0.6 is 11.6 Å². The van der Waals surface area contributed by atoms with Gasteiger partial charge in [-0.25, -0.2) is 0 Å². The highest BCUT2D eigenvalue weighted by Gasteiger charge is 2.14. The second-order valence-corrected chi connectivity index (χ2v) is 3.33. The number of nitrogens with zero attached hydrogens (tertiary/aromatic N) is 2. The fraction of sp³-hybridized carbons (Fsp3) is 0.125. The number of nitrogens with one attached hydrogen (secondary N) is 1. The van der Waals surface area contributed by atoms with E-state index in [-0.39, 0.29) is 5.69 Å². The van der Waals surface area contributed by atoms with E-state index in [0.717, 1.165) is 0 Å². The molecule has 0 spiro atoms. The molecule has 0 saturated heterocycles. The van der Waals surface area contributed by atoms with Gasteiger partial charge < -0.3 is 0 Å². The number of rotatable bonds is 1. The number of aryl methyl sites for hydroxylation is 1. The molecule has 1 N–H and O–H groups in total. The maximum Gasteiger partial charge on any atom is 0.274 e. The van der Waals surface area contributed by atoms with Gasteiger partial charge in [0.05, 0.1) is 4.92 Å². The number of aromatic amines is 1. The highest BCUT2D eigenvalue weighted by atomic mass is 35.5. The molecule has 1 aromatic heterocycles. The lowest BCUT2D eigenvalue weighted by molar-refractivity contribution is -0.385. The van der Waals surface area contributed by atoms with Crippen molar-refractivity contribution >= 4 is 28.2 Å². The number of aromatic nitrogens is 2. The third-order valence-electron chi connectivity index (χ3n) is 2.02. The molecule has 0 bridgehead atoms. The SMILES string of the molecule is Cc1cc2c(Cl)[nH]nc2cc1[N+](=O)[O-]. The minimum atomic E-state index is -0.433. The van der Waals surface area contributed by atoms with Gasteiger partial charge in [-0.15, -0.1) is 0 Å². The number of hydrogen-bond acceptors (Lipinski definition) is 3. The highest BCUT2D eigenvalue weighted by Crippen LogP contribution is 2.27. The number of fused-ring (bicyclic) bond motifs is 1. The fourth-order valence-electron chi connectivity index (χ4n) is 1.32. The van der Waals surface area contributed by atoms with Crippen molar-refractivity contribution in [2.75, 3.05) is 0 Å². The zero-order chi connectivity index (χ0) is 10.3. The summed E-state index contributed by atoms with van der Waals surface area (Å²) in [5.74, 6) is 0. The Bertz CT molecular complexity index is 521. The largest absolute Gasteiger partial charge is 0.274 e. The molecule has 0 aliphatic heterocycles. The molecule has 0 aliphatic carbocycles. The summed E-state index contributed by atoms with van der Waals surface area (Å²) >= 11 is 5.79. The van der Waals surface area contributed by atoms with Crippen molar-refractivity contribution in [3.8, 4) is 0 Å². The van der Waals surface area contributed by atoms with E-state index in [1.165, 1.54) is 6.07 Å². The summed E-state index contributed by atoms with van der Waals surface area (Å²) in [7, 11) is 0. The van der Waals surface area contributed by atoms with Crippen molar-refractivity contribution in [3.63, 3.8) is 0 Å². The quantitative estimate of drug-likeness (QED) is 0.582. The smallest absolute Gasteiger partial charge is 0.266 e. The van der Waals surface area contributed by atoms with Gasteiger partial charge in [-0.2, -0.15) is 5.10 Å². The Balaban J connectivity index is 2.79. The molecular weight excluding hydrogens is 206 g/mol. The standard InChI is InChI=1S/C8H6ClN3O2/c1-4-2-5-6(10-11-8(5)9)3-7(4)12(13)14/h2-3H,1H3,(H,10,11). The van der Waals surface area contributed by atoms with Crippen molar-refractivity contribution in [2.45, 2.75) is 6.92 Å². The molecule has 6 heteroatoms. The number of benzene rings is 1. The highest BCUT2D eigenvalue weighted by molar-refractivity contribution is 6.34. The summed E-state index contributed by atoms with van der Waals surface area (Å²) < 4.78 is 0. The summed E-state index contributed by atoms with van der Waals surface area (Å²) in [6.45, 7) is 1.67. The Hall–Kier alpha value is -1.62. The zero-order valence-corrected chi connectivity index (χ0v) is 8.00. The molecule has 0 radical (unpaired) electrons. The second kappa shape index (κ2) is 2.95. The van der Waals surface area contributed by atoms with E-state index >= 15 is 0 Å². The van der Waals surface area contributed by atoms with E-state index in [0.29, 0.717) is 21.6 Å². The van der Waals surface area contributed by atoms with Crippen LogP contribution < -0.4 is 0 Å². The molecular formula is C8H6ClN3O2. The lowest BCUT2D eigenvalue weighted by Crippen LogP contribution is -1.91. The van der Waals surface area contributed by atoms with Crippen LogP contribution in [0.15, 0.2) is 12.1 Å². The fourth-order valence-corrected chi connectivity index (χ4v) is 1.51. The average Bonchev–Trinajstić information content (AvgIpc) is 2.46. The molecule has 0 aliphatic rings. The van der Waals surface area contributed by atoms with Crippen LogP contribution in [-0.2, 0) is 0 Å². The van der Waals surface area contributed by atoms with Gasteiger partial charge >= 0.3 is 0 Å². The van der Waals surface area contributed by atoms with Gasteiger partial charge in [-0.1, -0.05) is 11.6 Å². The molecule has 1 aromatic carbocycles. The predicted molar refractivity (Wildman–Crippen MR) is 52.5 cm³/mol. The van der Waals surface area contributed by atoms with Crippen LogP contribution in [0, 0.1) is 17.0 Å². The maximum absolute atomic E-state index is 10.6. The minimum Gasteiger partial charge on any atom is -0.266 e. The van der Waals surface area contributed by atoms with Crippen LogP contribution in [0.2, 0.25) is 5.15 Å². The Morgan fingerprint density at radius 2 is 2.29 bits per heavy atom. The lowest BCUT2D eigenvalue weighted by Gasteiger charge is -1.96. The van der Waals surface area contributed by atoms with Crippen molar-refractivity contribution < 1.29 is 4.92 Å². The number of nitro benzene ring substituents is 1. The van der Waals surface area contributed by atoms with Gasteiger partial charge in [0, 0.05) is 17.0 Å². The second-order valence-electron chi connectivity index (χ2n) is 2.95. The van der Waals surface area contributed by atoms with E-state index in [2.05, 4.69) is 10.2 Å². The summed E-state index contributed by atoms with van der Waals surface area (Å²) in [6, 6.07) is 3.06. The van der Waals surface area contributed by atoms with Crippen LogP contribution in [0.25, 0.3) is 10.9 Å². The molecule has 2 rings (SSSR count). The van der Waals surface area contributed by atoms with E-state index in [4.69, 9.17) is 11.6 Å². The summed E-state index contributed by atoms with van der Waals surface area (Å²) in [6.07, 6.45) is 0. The first-order valence-electron chi connectivity index (χ1n) is 3.88. The molecule has 14 heavy (non-hydrogen) atoms. The van der Waals surface area contributed by atoms with Gasteiger partial charge in [-0.3, -0.25) is 15.2 Å². The maximum atomic E-state index is 10.6. The predicted octanol–water partition coefficient (Wildman–Crippen LogP) is 2.43. The van der Waals surface area contributed by atoms with Crippen LogP contribution in [0.5, 0.6) is 0 Å². The minimum absolute atomic E-state index is 0.0562. The molecule has 0 unspecified atom stereocenters. The Kier molecular flexibility index (Phi) is 1.89. The van der Waals surface area contributed by atoms with Crippen molar-refractivity contribution in [2.24, 2.45) is 0 Å². The normalized spacial score (nSPS) is 10.7. The third kappa shape index (κ3) is 1.22. The molecule has 0 fully saturated rings. The van der Waals surface area contributed by atoms with E-state index in [9.17, 15) is 10.1 Å². The monoisotopic (exact) mass is 211 g/mol. The van der Waals surface area contributed by atoms with Crippen molar-refractivity contribution in [1.29, 1.82) is 0 Å². The Labute approximate surface area is 83.8 Å². The third-order valence-corrected chi connectivity index (χ3v) is 2.31. The van der Waals surface area contributed by atoms with Gasteiger partial charge in [-0.05, 0) is 13.0 Å². The van der Waals surface area contributed by atoms with Gasteiger partial charge in [0.1, 0.15) is 10.7 Å². The zero-order valence-electron chi connectivity index (χ0n) is 7.24.